The van der Waals surface area contributed by atoms with Crippen molar-refractivity contribution in [2.24, 2.45) is 0 Å². The van der Waals surface area contributed by atoms with Gasteiger partial charge >= 0.3 is 6.09 Å². The van der Waals surface area contributed by atoms with Crippen LogP contribution in [0.2, 0.25) is 5.02 Å². The van der Waals surface area contributed by atoms with Gasteiger partial charge in [0.15, 0.2) is 0 Å². The minimum Gasteiger partial charge on any atom is -0.444 e. The van der Waals surface area contributed by atoms with E-state index < -0.39 is 5.60 Å². The van der Waals surface area contributed by atoms with Crippen LogP contribution in [0.1, 0.15) is 55.7 Å². The number of halogens is 1. The lowest BCUT2D eigenvalue weighted by molar-refractivity contribution is 0.0187. The van der Waals surface area contributed by atoms with E-state index >= 15 is 0 Å². The van der Waals surface area contributed by atoms with E-state index in [1.54, 1.807) is 4.90 Å². The van der Waals surface area contributed by atoms with Gasteiger partial charge in [0.1, 0.15) is 11.3 Å². The number of ether oxygens (including phenoxy) is 1. The Labute approximate surface area is 176 Å². The average Bonchev–Trinajstić information content (AvgIpc) is 3.16. The SMILES string of the molecule is CC(C)(C)OC(=O)N1CCC(n2cccc2C(=O)NCc2ccc(Cl)cc2)CC1. The van der Waals surface area contributed by atoms with Crippen molar-refractivity contribution in [1.82, 2.24) is 14.8 Å². The van der Waals surface area contributed by atoms with E-state index in [0.717, 1.165) is 18.4 Å². The summed E-state index contributed by atoms with van der Waals surface area (Å²) in [5.74, 6) is -0.112. The zero-order valence-corrected chi connectivity index (χ0v) is 17.9. The number of likely N-dealkylation sites (tertiary alicyclic amines) is 1. The molecule has 6 nitrogen and oxygen atoms in total. The van der Waals surface area contributed by atoms with Crippen molar-refractivity contribution in [1.29, 1.82) is 0 Å². The average molecular weight is 418 g/mol. The number of nitrogens with zero attached hydrogens (tertiary/aromatic N) is 2. The molecule has 7 heteroatoms. The maximum Gasteiger partial charge on any atom is 0.410 e. The summed E-state index contributed by atoms with van der Waals surface area (Å²) in [5, 5.41) is 3.64. The van der Waals surface area contributed by atoms with E-state index in [1.807, 2.05) is 67.9 Å². The topological polar surface area (TPSA) is 63.6 Å². The molecule has 0 aliphatic carbocycles. The first-order valence-electron chi connectivity index (χ1n) is 9.90. The Morgan fingerprint density at radius 3 is 2.41 bits per heavy atom. The smallest absolute Gasteiger partial charge is 0.410 e. The second-order valence-electron chi connectivity index (χ2n) is 8.31. The maximum atomic E-state index is 12.7. The highest BCUT2D eigenvalue weighted by Crippen LogP contribution is 2.25. The van der Waals surface area contributed by atoms with E-state index in [9.17, 15) is 9.59 Å². The van der Waals surface area contributed by atoms with Gasteiger partial charge in [0, 0.05) is 36.9 Å². The van der Waals surface area contributed by atoms with Gasteiger partial charge in [-0.3, -0.25) is 4.79 Å². The van der Waals surface area contributed by atoms with Gasteiger partial charge < -0.3 is 19.5 Å². The number of rotatable bonds is 4. The van der Waals surface area contributed by atoms with Crippen LogP contribution in [0.5, 0.6) is 0 Å². The number of nitrogens with one attached hydrogen (secondary N) is 1. The van der Waals surface area contributed by atoms with Gasteiger partial charge in [0.05, 0.1) is 0 Å². The van der Waals surface area contributed by atoms with E-state index in [2.05, 4.69) is 5.32 Å². The van der Waals surface area contributed by atoms with Gasteiger partial charge in [-0.05, 0) is 63.4 Å². The number of carbonyl (C=O) groups excluding carboxylic acids is 2. The Bertz CT molecular complexity index is 847. The number of hydrogen-bond acceptors (Lipinski definition) is 3. The quantitative estimate of drug-likeness (QED) is 0.787. The zero-order chi connectivity index (χ0) is 21.0. The summed E-state index contributed by atoms with van der Waals surface area (Å²) in [6.45, 7) is 7.27. The van der Waals surface area contributed by atoms with Crippen LogP contribution in [-0.4, -0.2) is 40.2 Å². The Balaban J connectivity index is 1.57. The molecule has 1 saturated heterocycles. The molecule has 0 radical (unpaired) electrons. The molecule has 156 valence electrons. The summed E-state index contributed by atoms with van der Waals surface area (Å²) in [4.78, 5) is 26.7. The third kappa shape index (κ3) is 5.76. The molecule has 1 aliphatic heterocycles. The molecule has 1 N–H and O–H groups in total. The molecule has 2 aromatic rings. The molecule has 0 atom stereocenters. The van der Waals surface area contributed by atoms with Crippen LogP contribution in [0.25, 0.3) is 0 Å². The number of aromatic nitrogens is 1. The molecular formula is C22H28ClN3O3. The molecule has 1 aromatic heterocycles. The monoisotopic (exact) mass is 417 g/mol. The van der Waals surface area contributed by atoms with E-state index in [4.69, 9.17) is 16.3 Å². The summed E-state index contributed by atoms with van der Waals surface area (Å²) >= 11 is 5.90. The van der Waals surface area contributed by atoms with E-state index in [1.165, 1.54) is 0 Å². The molecule has 2 amide bonds. The lowest BCUT2D eigenvalue weighted by Gasteiger charge is -2.34. The minimum atomic E-state index is -0.496. The highest BCUT2D eigenvalue weighted by molar-refractivity contribution is 6.30. The van der Waals surface area contributed by atoms with Crippen molar-refractivity contribution in [3.05, 3.63) is 58.9 Å². The molecular weight excluding hydrogens is 390 g/mol. The molecule has 29 heavy (non-hydrogen) atoms. The highest BCUT2D eigenvalue weighted by Gasteiger charge is 2.28. The highest BCUT2D eigenvalue weighted by atomic mass is 35.5. The van der Waals surface area contributed by atoms with Gasteiger partial charge in [-0.25, -0.2) is 4.79 Å². The Hall–Kier alpha value is -2.47. The second kappa shape index (κ2) is 8.91. The van der Waals surface area contributed by atoms with Crippen molar-refractivity contribution in [2.45, 2.75) is 51.8 Å². The van der Waals surface area contributed by atoms with Crippen molar-refractivity contribution in [3.8, 4) is 0 Å². The predicted octanol–water partition coefficient (Wildman–Crippen LogP) is 4.64. The Morgan fingerprint density at radius 1 is 1.14 bits per heavy atom. The molecule has 0 spiro atoms. The van der Waals surface area contributed by atoms with Gasteiger partial charge in [-0.1, -0.05) is 23.7 Å². The first-order chi connectivity index (χ1) is 13.7. The third-order valence-electron chi connectivity index (χ3n) is 4.89. The summed E-state index contributed by atoms with van der Waals surface area (Å²) < 4.78 is 7.47. The van der Waals surface area contributed by atoms with Gasteiger partial charge in [0.2, 0.25) is 0 Å². The van der Waals surface area contributed by atoms with Crippen molar-refractivity contribution < 1.29 is 14.3 Å². The fourth-order valence-corrected chi connectivity index (χ4v) is 3.56. The molecule has 0 bridgehead atoms. The van der Waals surface area contributed by atoms with Crippen LogP contribution < -0.4 is 5.32 Å². The Kier molecular flexibility index (Phi) is 6.52. The van der Waals surface area contributed by atoms with Gasteiger partial charge in [-0.15, -0.1) is 0 Å². The lowest BCUT2D eigenvalue weighted by Crippen LogP contribution is -2.42. The third-order valence-corrected chi connectivity index (χ3v) is 5.14. The maximum absolute atomic E-state index is 12.7. The largest absolute Gasteiger partial charge is 0.444 e. The molecule has 0 saturated carbocycles. The molecule has 3 rings (SSSR count). The second-order valence-corrected chi connectivity index (χ2v) is 8.74. The van der Waals surface area contributed by atoms with Gasteiger partial charge in [0.25, 0.3) is 5.91 Å². The molecule has 1 aromatic carbocycles. The standard InChI is InChI=1S/C22H28ClN3O3/c1-22(2,3)29-21(28)25-13-10-18(11-14-25)26-12-4-5-19(26)20(27)24-15-16-6-8-17(23)9-7-16/h4-9,12,18H,10-11,13-15H2,1-3H3,(H,24,27). The number of carbonyl (C=O) groups is 2. The first-order valence-corrected chi connectivity index (χ1v) is 10.3. The molecule has 1 fully saturated rings. The predicted molar refractivity (Wildman–Crippen MR) is 113 cm³/mol. The summed E-state index contributed by atoms with van der Waals surface area (Å²) in [6.07, 6.45) is 3.23. The Morgan fingerprint density at radius 2 is 1.79 bits per heavy atom. The first kappa shape index (κ1) is 21.2. The van der Waals surface area contributed by atoms with Crippen molar-refractivity contribution in [2.75, 3.05) is 13.1 Å². The normalized spacial score (nSPS) is 15.2. The van der Waals surface area contributed by atoms with Crippen LogP contribution >= 0.6 is 11.6 Å². The fourth-order valence-electron chi connectivity index (χ4n) is 3.43. The fraction of sp³-hybridized carbons (Fsp3) is 0.455. The lowest BCUT2D eigenvalue weighted by atomic mass is 10.0. The van der Waals surface area contributed by atoms with Crippen LogP contribution in [-0.2, 0) is 11.3 Å². The van der Waals surface area contributed by atoms with Crippen LogP contribution in [0.3, 0.4) is 0 Å². The number of hydrogen-bond donors (Lipinski definition) is 1. The van der Waals surface area contributed by atoms with Crippen molar-refractivity contribution in [3.63, 3.8) is 0 Å². The van der Waals surface area contributed by atoms with Crippen LogP contribution in [0.4, 0.5) is 4.79 Å². The van der Waals surface area contributed by atoms with E-state index in [0.29, 0.717) is 30.4 Å². The molecule has 1 aliphatic rings. The zero-order valence-electron chi connectivity index (χ0n) is 17.2. The summed E-state index contributed by atoms with van der Waals surface area (Å²) in [5.41, 5.74) is 1.13. The number of benzene rings is 1. The number of piperidine rings is 1. The van der Waals surface area contributed by atoms with Gasteiger partial charge in [-0.2, -0.15) is 0 Å². The minimum absolute atomic E-state index is 0.112. The summed E-state index contributed by atoms with van der Waals surface area (Å²) in [6, 6.07) is 11.3. The molecule has 2 heterocycles. The van der Waals surface area contributed by atoms with E-state index in [-0.39, 0.29) is 18.0 Å². The van der Waals surface area contributed by atoms with Crippen molar-refractivity contribution >= 4 is 23.6 Å². The number of amides is 2. The van der Waals surface area contributed by atoms with Crippen LogP contribution in [0.15, 0.2) is 42.6 Å². The summed E-state index contributed by atoms with van der Waals surface area (Å²) in [7, 11) is 0. The molecule has 0 unspecified atom stereocenters. The van der Waals surface area contributed by atoms with Crippen LogP contribution in [0, 0.1) is 0 Å².